The molecule has 0 atom stereocenters. The Morgan fingerprint density at radius 3 is 1.62 bits per heavy atom. The first kappa shape index (κ1) is 15.4. The van der Waals surface area contributed by atoms with E-state index in [2.05, 4.69) is 32.9 Å². The molecule has 0 bridgehead atoms. The fourth-order valence-electron chi connectivity index (χ4n) is 0.889. The summed E-state index contributed by atoms with van der Waals surface area (Å²) in [5, 5.41) is 0. The summed E-state index contributed by atoms with van der Waals surface area (Å²) in [6.45, 7) is 12.3. The Morgan fingerprint density at radius 1 is 1.00 bits per heavy atom. The summed E-state index contributed by atoms with van der Waals surface area (Å²) >= 11 is 0. The van der Waals surface area contributed by atoms with Gasteiger partial charge in [-0.15, -0.1) is 5.41 Å². The third-order valence-electron chi connectivity index (χ3n) is 1.56. The van der Waals surface area contributed by atoms with Crippen LogP contribution >= 0.6 is 0 Å². The molecule has 0 saturated carbocycles. The molecule has 13 heavy (non-hydrogen) atoms. The van der Waals surface area contributed by atoms with Crippen LogP contribution in [0.5, 0.6) is 0 Å². The van der Waals surface area contributed by atoms with Crippen LogP contribution in [-0.2, 0) is 26.5 Å². The second-order valence-electron chi connectivity index (χ2n) is 3.25. The van der Waals surface area contributed by atoms with Gasteiger partial charge in [0.15, 0.2) is 0 Å². The number of hydrogen-bond donors (Lipinski definition) is 0. The topological polar surface area (TPSA) is 0 Å². The fraction of sp³-hybridized carbons (Fsp3) is 0.417. The van der Waals surface area contributed by atoms with E-state index >= 15 is 0 Å². The molecule has 0 heterocycles. The maximum Gasteiger partial charge on any atom is 0 e. The third kappa shape index (κ3) is 6.04. The smallest absolute Gasteiger partial charge is 0 e. The molecule has 74 valence electrons. The zero-order valence-corrected chi connectivity index (χ0v) is 11.9. The van der Waals surface area contributed by atoms with Gasteiger partial charge >= 0.3 is 0 Å². The molecular weight excluding hydrogens is 328 g/mol. The van der Waals surface area contributed by atoms with Crippen LogP contribution < -0.4 is 0 Å². The average Bonchev–Trinajstić information content (AvgIpc) is 2.08. The summed E-state index contributed by atoms with van der Waals surface area (Å²) in [5.41, 5.74) is 1.33. The second-order valence-corrected chi connectivity index (χ2v) is 3.25. The van der Waals surface area contributed by atoms with Crippen molar-refractivity contribution in [2.24, 2.45) is 0 Å². The van der Waals surface area contributed by atoms with Gasteiger partial charge < -0.3 is 6.92 Å². The van der Waals surface area contributed by atoms with E-state index < -0.39 is 0 Å². The molecule has 1 rings (SSSR count). The molecule has 0 aliphatic carbocycles. The molecule has 0 aliphatic heterocycles. The maximum absolute atomic E-state index is 4.04. The minimum atomic E-state index is 0. The Bertz CT molecular complexity index is 196. The van der Waals surface area contributed by atoms with E-state index in [1.54, 1.807) is 0 Å². The maximum atomic E-state index is 4.04. The van der Waals surface area contributed by atoms with Crippen molar-refractivity contribution in [1.82, 2.24) is 0 Å². The summed E-state index contributed by atoms with van der Waals surface area (Å²) < 4.78 is 0. The molecule has 1 aromatic carbocycles. The van der Waals surface area contributed by atoms with E-state index in [1.807, 2.05) is 32.0 Å². The summed E-state index contributed by atoms with van der Waals surface area (Å²) in [6.07, 6.45) is 0. The Hall–Kier alpha value is -0.0917. The van der Waals surface area contributed by atoms with Gasteiger partial charge in [0.25, 0.3) is 0 Å². The van der Waals surface area contributed by atoms with E-state index in [0.29, 0.717) is 0 Å². The quantitative estimate of drug-likeness (QED) is 0.678. The molecule has 0 spiro atoms. The fourth-order valence-corrected chi connectivity index (χ4v) is 0.889. The van der Waals surface area contributed by atoms with Crippen molar-refractivity contribution in [3.05, 3.63) is 42.8 Å². The van der Waals surface area contributed by atoms with Gasteiger partial charge in [-0.2, -0.15) is 0 Å². The molecule has 0 aliphatic rings. The monoisotopic (exact) mass is 347 g/mol. The first-order valence-electron chi connectivity index (χ1n) is 4.51. The normalized spacial score (nSPS) is 9.31. The van der Waals surface area contributed by atoms with Crippen LogP contribution in [0.2, 0.25) is 0 Å². The standard InChI is InChI=1S/C10H13.C2H6.W/c1-10(2,3)9-7-5-4-6-8-9;1-2;/h4-8H,1H2,2-3H3;1-2H3;/q-1;;. The van der Waals surface area contributed by atoms with Gasteiger partial charge in [0.2, 0.25) is 0 Å². The molecule has 0 fully saturated rings. The van der Waals surface area contributed by atoms with Crippen molar-refractivity contribution in [2.45, 2.75) is 33.1 Å². The van der Waals surface area contributed by atoms with Gasteiger partial charge in [0.1, 0.15) is 0 Å². The van der Waals surface area contributed by atoms with Crippen molar-refractivity contribution in [1.29, 1.82) is 0 Å². The molecule has 0 N–H and O–H groups in total. The minimum absolute atomic E-state index is 0. The molecule has 0 aromatic heterocycles. The van der Waals surface area contributed by atoms with E-state index in [4.69, 9.17) is 0 Å². The van der Waals surface area contributed by atoms with Crippen molar-refractivity contribution in [3.63, 3.8) is 0 Å². The van der Waals surface area contributed by atoms with Crippen LogP contribution in [0.4, 0.5) is 0 Å². The van der Waals surface area contributed by atoms with Gasteiger partial charge in [-0.3, -0.25) is 0 Å². The molecule has 0 amide bonds. The van der Waals surface area contributed by atoms with Crippen LogP contribution in [0.25, 0.3) is 0 Å². The Kier molecular flexibility index (Phi) is 8.67. The zero-order chi connectivity index (χ0) is 9.61. The van der Waals surface area contributed by atoms with Gasteiger partial charge in [0.05, 0.1) is 0 Å². The summed E-state index contributed by atoms with van der Waals surface area (Å²) in [6, 6.07) is 10.3. The minimum Gasteiger partial charge on any atom is -0.333 e. The molecule has 0 radical (unpaired) electrons. The Labute approximate surface area is 97.0 Å². The molecule has 1 aromatic rings. The largest absolute Gasteiger partial charge is 0.333 e. The molecule has 0 unspecified atom stereocenters. The van der Waals surface area contributed by atoms with E-state index in [0.717, 1.165) is 0 Å². The van der Waals surface area contributed by atoms with E-state index in [1.165, 1.54) is 5.56 Å². The molecule has 0 saturated heterocycles. The predicted molar refractivity (Wildman–Crippen MR) is 56.2 cm³/mol. The van der Waals surface area contributed by atoms with Crippen LogP contribution in [-0.4, -0.2) is 0 Å². The van der Waals surface area contributed by atoms with E-state index in [-0.39, 0.29) is 26.5 Å². The van der Waals surface area contributed by atoms with Crippen LogP contribution in [0.3, 0.4) is 0 Å². The molecule has 0 nitrogen and oxygen atoms in total. The van der Waals surface area contributed by atoms with Gasteiger partial charge in [-0.25, -0.2) is 0 Å². The predicted octanol–water partition coefficient (Wildman–Crippen LogP) is 3.82. The Morgan fingerprint density at radius 2 is 1.38 bits per heavy atom. The van der Waals surface area contributed by atoms with Crippen molar-refractivity contribution >= 4 is 0 Å². The first-order chi connectivity index (χ1) is 5.61. The van der Waals surface area contributed by atoms with Crippen molar-refractivity contribution in [2.75, 3.05) is 0 Å². The van der Waals surface area contributed by atoms with Crippen molar-refractivity contribution < 1.29 is 21.1 Å². The summed E-state index contributed by atoms with van der Waals surface area (Å²) in [7, 11) is 0. The van der Waals surface area contributed by atoms with Gasteiger partial charge in [-0.1, -0.05) is 63.6 Å². The van der Waals surface area contributed by atoms with Gasteiger partial charge in [-0.05, 0) is 0 Å². The zero-order valence-electron chi connectivity index (χ0n) is 9.00. The molecular formula is C12H19W-. The Balaban J connectivity index is 0. The first-order valence-corrected chi connectivity index (χ1v) is 4.51. The van der Waals surface area contributed by atoms with Gasteiger partial charge in [0, 0.05) is 21.1 Å². The number of hydrogen-bond acceptors (Lipinski definition) is 0. The summed E-state index contributed by atoms with van der Waals surface area (Å²) in [4.78, 5) is 0. The SMILES string of the molecule is CC.[CH2-]C(C)(C)c1ccccc1.[W]. The van der Waals surface area contributed by atoms with Crippen molar-refractivity contribution in [3.8, 4) is 0 Å². The van der Waals surface area contributed by atoms with Crippen LogP contribution in [0, 0.1) is 6.92 Å². The van der Waals surface area contributed by atoms with Crippen LogP contribution in [0.15, 0.2) is 30.3 Å². The van der Waals surface area contributed by atoms with Crippen LogP contribution in [0.1, 0.15) is 33.3 Å². The van der Waals surface area contributed by atoms with E-state index in [9.17, 15) is 0 Å². The summed E-state index contributed by atoms with van der Waals surface area (Å²) in [5.74, 6) is 0. The third-order valence-corrected chi connectivity index (χ3v) is 1.56. The second kappa shape index (κ2) is 7.33. The number of rotatable bonds is 1. The number of benzene rings is 1. The molecule has 1 heteroatoms. The average molecular weight is 347 g/mol.